The molecule has 0 fully saturated rings. The summed E-state index contributed by atoms with van der Waals surface area (Å²) < 4.78 is 10.4. The van der Waals surface area contributed by atoms with E-state index in [-0.39, 0.29) is 11.7 Å². The van der Waals surface area contributed by atoms with E-state index in [0.29, 0.717) is 5.13 Å². The van der Waals surface area contributed by atoms with E-state index in [0.717, 1.165) is 27.4 Å². The molecule has 134 valence electrons. The number of aromatic nitrogens is 1. The van der Waals surface area contributed by atoms with E-state index in [1.165, 1.54) is 17.6 Å². The summed E-state index contributed by atoms with van der Waals surface area (Å²) in [5, 5.41) is 3.33. The van der Waals surface area contributed by atoms with E-state index in [9.17, 15) is 4.79 Å². The summed E-state index contributed by atoms with van der Waals surface area (Å²) in [6, 6.07) is 21.0. The molecule has 5 nitrogen and oxygen atoms in total. The van der Waals surface area contributed by atoms with E-state index in [4.69, 9.17) is 9.15 Å². The normalized spacial score (nSPS) is 10.6. The zero-order valence-corrected chi connectivity index (χ0v) is 15.3. The van der Waals surface area contributed by atoms with Crippen LogP contribution in [0.1, 0.15) is 10.6 Å². The molecule has 0 spiro atoms. The molecule has 2 heterocycles. The van der Waals surface area contributed by atoms with Crippen LogP contribution in [0.15, 0.2) is 77.4 Å². The van der Waals surface area contributed by atoms with Crippen LogP contribution in [0.3, 0.4) is 0 Å². The van der Waals surface area contributed by atoms with Crippen molar-refractivity contribution in [3.63, 3.8) is 0 Å². The standard InChI is InChI=1S/C21H16N2O3S/c1-25-16-11-9-15(10-12-16)19-18(14-6-3-2-4-7-14)22-21(27-19)23-20(24)17-8-5-13-26-17/h2-13H,1H3,(H,22,23,24). The molecule has 0 unspecified atom stereocenters. The van der Waals surface area contributed by atoms with E-state index < -0.39 is 0 Å². The number of rotatable bonds is 5. The summed E-state index contributed by atoms with van der Waals surface area (Å²) >= 11 is 1.42. The van der Waals surface area contributed by atoms with Gasteiger partial charge in [-0.25, -0.2) is 4.98 Å². The Hall–Kier alpha value is -3.38. The predicted octanol–water partition coefficient (Wildman–Crippen LogP) is 5.33. The van der Waals surface area contributed by atoms with Gasteiger partial charge in [-0.15, -0.1) is 0 Å². The lowest BCUT2D eigenvalue weighted by Gasteiger charge is -2.04. The highest BCUT2D eigenvalue weighted by atomic mass is 32.1. The van der Waals surface area contributed by atoms with Gasteiger partial charge in [0, 0.05) is 5.56 Å². The fourth-order valence-electron chi connectivity index (χ4n) is 2.67. The minimum atomic E-state index is -0.324. The number of amides is 1. The molecule has 0 atom stereocenters. The molecule has 1 N–H and O–H groups in total. The second kappa shape index (κ2) is 7.47. The molecule has 0 bridgehead atoms. The molecule has 4 rings (SSSR count). The maximum atomic E-state index is 12.3. The van der Waals surface area contributed by atoms with Gasteiger partial charge in [-0.3, -0.25) is 10.1 Å². The highest BCUT2D eigenvalue weighted by Crippen LogP contribution is 2.39. The number of anilines is 1. The lowest BCUT2D eigenvalue weighted by molar-refractivity contribution is 0.0996. The molecule has 4 aromatic rings. The molecule has 27 heavy (non-hydrogen) atoms. The topological polar surface area (TPSA) is 64.4 Å². The van der Waals surface area contributed by atoms with Gasteiger partial charge < -0.3 is 9.15 Å². The smallest absolute Gasteiger partial charge is 0.293 e. The molecule has 0 aliphatic heterocycles. The third kappa shape index (κ3) is 3.61. The van der Waals surface area contributed by atoms with Crippen LogP contribution in [0.5, 0.6) is 5.75 Å². The Balaban J connectivity index is 1.73. The fraction of sp³-hybridized carbons (Fsp3) is 0.0476. The molecule has 1 amide bonds. The van der Waals surface area contributed by atoms with Gasteiger partial charge in [0.25, 0.3) is 5.91 Å². The molecule has 6 heteroatoms. The Morgan fingerprint density at radius 1 is 1.00 bits per heavy atom. The first-order valence-corrected chi connectivity index (χ1v) is 9.12. The van der Waals surface area contributed by atoms with Crippen molar-refractivity contribution in [3.05, 3.63) is 78.8 Å². The van der Waals surface area contributed by atoms with Crippen LogP contribution in [0.4, 0.5) is 5.13 Å². The monoisotopic (exact) mass is 376 g/mol. The minimum Gasteiger partial charge on any atom is -0.497 e. The maximum Gasteiger partial charge on any atom is 0.293 e. The number of methoxy groups -OCH3 is 1. The van der Waals surface area contributed by atoms with Crippen LogP contribution >= 0.6 is 11.3 Å². The Morgan fingerprint density at radius 3 is 2.44 bits per heavy atom. The number of ether oxygens (including phenoxy) is 1. The van der Waals surface area contributed by atoms with E-state index in [2.05, 4.69) is 10.3 Å². The first-order valence-electron chi connectivity index (χ1n) is 8.30. The molecule has 2 aromatic heterocycles. The number of benzene rings is 2. The van der Waals surface area contributed by atoms with Crippen molar-refractivity contribution in [1.29, 1.82) is 0 Å². The SMILES string of the molecule is COc1ccc(-c2sc(NC(=O)c3ccco3)nc2-c2ccccc2)cc1. The summed E-state index contributed by atoms with van der Waals surface area (Å²) in [4.78, 5) is 17.9. The van der Waals surface area contributed by atoms with Crippen molar-refractivity contribution in [3.8, 4) is 27.4 Å². The molecular formula is C21H16N2O3S. The van der Waals surface area contributed by atoms with Crippen LogP contribution < -0.4 is 10.1 Å². The lowest BCUT2D eigenvalue weighted by Crippen LogP contribution is -2.10. The quantitative estimate of drug-likeness (QED) is 0.511. The fourth-order valence-corrected chi connectivity index (χ4v) is 3.66. The van der Waals surface area contributed by atoms with Gasteiger partial charge in [-0.2, -0.15) is 0 Å². The average Bonchev–Trinajstić information content (AvgIpc) is 3.39. The number of carbonyl (C=O) groups is 1. The van der Waals surface area contributed by atoms with Gasteiger partial charge in [-0.1, -0.05) is 41.7 Å². The zero-order chi connectivity index (χ0) is 18.6. The number of nitrogens with one attached hydrogen (secondary N) is 1. The Labute approximate surface area is 160 Å². The third-order valence-electron chi connectivity index (χ3n) is 3.99. The van der Waals surface area contributed by atoms with Crippen LogP contribution in [0, 0.1) is 0 Å². The largest absolute Gasteiger partial charge is 0.497 e. The lowest BCUT2D eigenvalue weighted by atomic mass is 10.1. The first-order chi connectivity index (χ1) is 13.2. The number of carbonyl (C=O) groups excluding carboxylic acids is 1. The molecule has 2 aromatic carbocycles. The van der Waals surface area contributed by atoms with Crippen molar-refractivity contribution in [2.45, 2.75) is 0 Å². The summed E-state index contributed by atoms with van der Waals surface area (Å²) in [6.07, 6.45) is 1.47. The van der Waals surface area contributed by atoms with Crippen molar-refractivity contribution < 1.29 is 13.9 Å². The molecular weight excluding hydrogens is 360 g/mol. The number of nitrogens with zero attached hydrogens (tertiary/aromatic N) is 1. The second-order valence-corrected chi connectivity index (χ2v) is 6.72. The number of thiazole rings is 1. The van der Waals surface area contributed by atoms with E-state index >= 15 is 0 Å². The Kier molecular flexibility index (Phi) is 4.72. The van der Waals surface area contributed by atoms with Crippen LogP contribution in [0.2, 0.25) is 0 Å². The molecule has 0 aliphatic carbocycles. The summed E-state index contributed by atoms with van der Waals surface area (Å²) in [5.74, 6) is 0.711. The first kappa shape index (κ1) is 17.1. The van der Waals surface area contributed by atoms with Crippen molar-refractivity contribution >= 4 is 22.4 Å². The second-order valence-electron chi connectivity index (χ2n) is 5.72. The van der Waals surface area contributed by atoms with Gasteiger partial charge in [0.05, 0.1) is 23.9 Å². The van der Waals surface area contributed by atoms with Gasteiger partial charge in [0.1, 0.15) is 5.75 Å². The highest BCUT2D eigenvalue weighted by Gasteiger charge is 2.18. The Morgan fingerprint density at radius 2 is 1.78 bits per heavy atom. The van der Waals surface area contributed by atoms with Crippen LogP contribution in [0.25, 0.3) is 21.7 Å². The van der Waals surface area contributed by atoms with Gasteiger partial charge in [0.2, 0.25) is 0 Å². The van der Waals surface area contributed by atoms with Gasteiger partial charge >= 0.3 is 0 Å². The molecule has 0 aliphatic rings. The van der Waals surface area contributed by atoms with Crippen molar-refractivity contribution in [2.75, 3.05) is 12.4 Å². The summed E-state index contributed by atoms with van der Waals surface area (Å²) in [6.45, 7) is 0. The van der Waals surface area contributed by atoms with E-state index in [1.54, 1.807) is 19.2 Å². The van der Waals surface area contributed by atoms with Crippen molar-refractivity contribution in [2.24, 2.45) is 0 Å². The van der Waals surface area contributed by atoms with Crippen LogP contribution in [-0.4, -0.2) is 18.0 Å². The maximum absolute atomic E-state index is 12.3. The molecule has 0 radical (unpaired) electrons. The number of hydrogen-bond donors (Lipinski definition) is 1. The summed E-state index contributed by atoms with van der Waals surface area (Å²) in [5.41, 5.74) is 2.81. The van der Waals surface area contributed by atoms with E-state index in [1.807, 2.05) is 54.6 Å². The van der Waals surface area contributed by atoms with Crippen LogP contribution in [-0.2, 0) is 0 Å². The predicted molar refractivity (Wildman–Crippen MR) is 106 cm³/mol. The zero-order valence-electron chi connectivity index (χ0n) is 14.5. The minimum absolute atomic E-state index is 0.248. The average molecular weight is 376 g/mol. The van der Waals surface area contributed by atoms with Crippen molar-refractivity contribution in [1.82, 2.24) is 4.98 Å². The van der Waals surface area contributed by atoms with Gasteiger partial charge in [0.15, 0.2) is 10.9 Å². The van der Waals surface area contributed by atoms with Gasteiger partial charge in [-0.05, 0) is 42.0 Å². The third-order valence-corrected chi connectivity index (χ3v) is 5.01. The number of furan rings is 1. The highest BCUT2D eigenvalue weighted by molar-refractivity contribution is 7.19. The Bertz CT molecular complexity index is 1040. The number of hydrogen-bond acceptors (Lipinski definition) is 5. The summed E-state index contributed by atoms with van der Waals surface area (Å²) in [7, 11) is 1.64. The molecule has 0 saturated heterocycles. The molecule has 0 saturated carbocycles.